The van der Waals surface area contributed by atoms with Crippen LogP contribution in [0.25, 0.3) is 0 Å². The topological polar surface area (TPSA) is 77.6 Å². The Morgan fingerprint density at radius 2 is 2.08 bits per heavy atom. The van der Waals surface area contributed by atoms with E-state index in [0.29, 0.717) is 17.9 Å². The van der Waals surface area contributed by atoms with Gasteiger partial charge in [-0.25, -0.2) is 4.98 Å². The monoisotopic (exact) mass is 322 g/mol. The van der Waals surface area contributed by atoms with Gasteiger partial charge in [-0.15, -0.1) is 0 Å². The fourth-order valence-electron chi connectivity index (χ4n) is 2.98. The van der Waals surface area contributed by atoms with Crippen molar-refractivity contribution in [2.75, 3.05) is 5.32 Å². The summed E-state index contributed by atoms with van der Waals surface area (Å²) in [6.07, 6.45) is 11.8. The van der Waals surface area contributed by atoms with Gasteiger partial charge in [0.1, 0.15) is 11.5 Å². The first-order valence-electron chi connectivity index (χ1n) is 8.07. The van der Waals surface area contributed by atoms with E-state index in [1.807, 2.05) is 22.9 Å². The Bertz CT molecular complexity index is 851. The Balaban J connectivity index is 1.46. The van der Waals surface area contributed by atoms with Crippen LogP contribution in [0.4, 0.5) is 5.69 Å². The van der Waals surface area contributed by atoms with Crippen molar-refractivity contribution in [3.8, 4) is 0 Å². The number of pyridine rings is 1. The molecule has 0 aromatic carbocycles. The third-order valence-electron chi connectivity index (χ3n) is 4.19. The largest absolute Gasteiger partial charge is 0.324 e. The highest BCUT2D eigenvalue weighted by molar-refractivity contribution is 6.02. The molecule has 24 heavy (non-hydrogen) atoms. The van der Waals surface area contributed by atoms with Crippen LogP contribution in [0, 0.1) is 0 Å². The van der Waals surface area contributed by atoms with Crippen LogP contribution >= 0.6 is 0 Å². The third kappa shape index (κ3) is 2.92. The van der Waals surface area contributed by atoms with E-state index in [4.69, 9.17) is 0 Å². The van der Waals surface area contributed by atoms with Gasteiger partial charge in [-0.2, -0.15) is 5.10 Å². The molecule has 1 amide bonds. The van der Waals surface area contributed by atoms with E-state index in [2.05, 4.69) is 20.4 Å². The van der Waals surface area contributed by atoms with Crippen molar-refractivity contribution in [2.45, 2.75) is 32.4 Å². The predicted octanol–water partition coefficient (Wildman–Crippen LogP) is 2.11. The van der Waals surface area contributed by atoms with Crippen molar-refractivity contribution in [3.05, 3.63) is 60.2 Å². The molecule has 0 spiro atoms. The highest BCUT2D eigenvalue weighted by atomic mass is 16.2. The molecule has 0 aliphatic carbocycles. The SMILES string of the molecule is O=C(Nc1cnn(Cc2ccncc2)c1)c1cnc2n1CCCC2. The minimum absolute atomic E-state index is 0.140. The average molecular weight is 322 g/mol. The summed E-state index contributed by atoms with van der Waals surface area (Å²) in [6.45, 7) is 1.50. The van der Waals surface area contributed by atoms with Gasteiger partial charge in [0.2, 0.25) is 0 Å². The van der Waals surface area contributed by atoms with Crippen molar-refractivity contribution in [1.29, 1.82) is 0 Å². The lowest BCUT2D eigenvalue weighted by molar-refractivity contribution is 0.101. The van der Waals surface area contributed by atoms with E-state index in [-0.39, 0.29) is 5.91 Å². The number of fused-ring (bicyclic) bond motifs is 1. The maximum absolute atomic E-state index is 12.5. The Morgan fingerprint density at radius 1 is 1.21 bits per heavy atom. The molecule has 1 aliphatic rings. The Hall–Kier alpha value is -2.96. The number of aromatic nitrogens is 5. The number of imidazole rings is 1. The molecule has 3 aromatic rings. The molecule has 3 aromatic heterocycles. The van der Waals surface area contributed by atoms with Crippen molar-refractivity contribution in [3.63, 3.8) is 0 Å². The van der Waals surface area contributed by atoms with Crippen molar-refractivity contribution < 1.29 is 4.79 Å². The molecule has 1 aliphatic heterocycles. The Morgan fingerprint density at radius 3 is 2.96 bits per heavy atom. The van der Waals surface area contributed by atoms with Crippen LogP contribution in [-0.2, 0) is 19.5 Å². The number of hydrogen-bond donors (Lipinski definition) is 1. The summed E-state index contributed by atoms with van der Waals surface area (Å²) in [5.41, 5.74) is 2.41. The molecule has 0 bridgehead atoms. The number of nitrogens with zero attached hydrogens (tertiary/aromatic N) is 5. The van der Waals surface area contributed by atoms with Gasteiger partial charge in [0.25, 0.3) is 5.91 Å². The molecule has 7 nitrogen and oxygen atoms in total. The lowest BCUT2D eigenvalue weighted by atomic mass is 10.1. The second-order valence-electron chi connectivity index (χ2n) is 5.90. The quantitative estimate of drug-likeness (QED) is 0.798. The number of rotatable bonds is 4. The van der Waals surface area contributed by atoms with Crippen LogP contribution in [0.15, 0.2) is 43.1 Å². The van der Waals surface area contributed by atoms with Gasteiger partial charge in [0, 0.05) is 31.6 Å². The van der Waals surface area contributed by atoms with Crippen molar-refractivity contribution >= 4 is 11.6 Å². The van der Waals surface area contributed by atoms with Gasteiger partial charge in [-0.05, 0) is 30.5 Å². The number of hydrogen-bond acceptors (Lipinski definition) is 4. The standard InChI is InChI=1S/C17H18N6O/c24-17(15-10-19-16-3-1-2-8-23(15)16)21-14-9-20-22(12-14)11-13-4-6-18-7-5-13/h4-7,9-10,12H,1-3,8,11H2,(H,21,24). The van der Waals surface area contributed by atoms with E-state index in [1.54, 1.807) is 29.5 Å². The van der Waals surface area contributed by atoms with Crippen molar-refractivity contribution in [1.82, 2.24) is 24.3 Å². The van der Waals surface area contributed by atoms with Crippen LogP contribution in [0.5, 0.6) is 0 Å². The second kappa shape index (κ2) is 6.27. The van der Waals surface area contributed by atoms with E-state index in [0.717, 1.165) is 37.2 Å². The first-order chi connectivity index (χ1) is 11.8. The molecule has 1 N–H and O–H groups in total. The third-order valence-corrected chi connectivity index (χ3v) is 4.19. The van der Waals surface area contributed by atoms with Gasteiger partial charge in [-0.1, -0.05) is 0 Å². The van der Waals surface area contributed by atoms with Crippen LogP contribution in [0.3, 0.4) is 0 Å². The first kappa shape index (κ1) is 14.6. The fourth-order valence-corrected chi connectivity index (χ4v) is 2.98. The molecular weight excluding hydrogens is 304 g/mol. The summed E-state index contributed by atoms with van der Waals surface area (Å²) in [5.74, 6) is 0.860. The van der Waals surface area contributed by atoms with Crippen LogP contribution in [-0.4, -0.2) is 30.2 Å². The summed E-state index contributed by atoms with van der Waals surface area (Å²) < 4.78 is 3.80. The van der Waals surface area contributed by atoms with Gasteiger partial charge in [0.05, 0.1) is 24.6 Å². The molecule has 0 unspecified atom stereocenters. The predicted molar refractivity (Wildman–Crippen MR) is 88.7 cm³/mol. The summed E-state index contributed by atoms with van der Waals surface area (Å²) in [5, 5.41) is 7.20. The molecule has 0 radical (unpaired) electrons. The summed E-state index contributed by atoms with van der Waals surface area (Å²) in [7, 11) is 0. The number of carbonyl (C=O) groups is 1. The summed E-state index contributed by atoms with van der Waals surface area (Å²) in [6, 6.07) is 3.89. The van der Waals surface area contributed by atoms with Gasteiger partial charge < -0.3 is 9.88 Å². The first-order valence-corrected chi connectivity index (χ1v) is 8.07. The van der Waals surface area contributed by atoms with E-state index in [1.165, 1.54) is 0 Å². The maximum Gasteiger partial charge on any atom is 0.274 e. The number of aryl methyl sites for hydroxylation is 1. The van der Waals surface area contributed by atoms with Gasteiger partial charge >= 0.3 is 0 Å². The second-order valence-corrected chi connectivity index (χ2v) is 5.90. The molecule has 0 saturated heterocycles. The molecule has 4 heterocycles. The minimum Gasteiger partial charge on any atom is -0.324 e. The Labute approximate surface area is 139 Å². The van der Waals surface area contributed by atoms with Gasteiger partial charge in [0.15, 0.2) is 0 Å². The minimum atomic E-state index is -0.140. The number of nitrogens with one attached hydrogen (secondary N) is 1. The lowest BCUT2D eigenvalue weighted by Crippen LogP contribution is -2.20. The number of amides is 1. The fraction of sp³-hybridized carbons (Fsp3) is 0.294. The molecule has 0 saturated carbocycles. The summed E-state index contributed by atoms with van der Waals surface area (Å²) in [4.78, 5) is 20.9. The molecular formula is C17H18N6O. The van der Waals surface area contributed by atoms with E-state index < -0.39 is 0 Å². The molecule has 4 rings (SSSR count). The molecule has 7 heteroatoms. The van der Waals surface area contributed by atoms with E-state index >= 15 is 0 Å². The van der Waals surface area contributed by atoms with Gasteiger partial charge in [-0.3, -0.25) is 14.5 Å². The smallest absolute Gasteiger partial charge is 0.274 e. The maximum atomic E-state index is 12.5. The highest BCUT2D eigenvalue weighted by Gasteiger charge is 2.19. The number of anilines is 1. The van der Waals surface area contributed by atoms with Crippen LogP contribution in [0.2, 0.25) is 0 Å². The lowest BCUT2D eigenvalue weighted by Gasteiger charge is -2.15. The average Bonchev–Trinajstić information content (AvgIpc) is 3.22. The Kier molecular flexibility index (Phi) is 3.82. The highest BCUT2D eigenvalue weighted by Crippen LogP contribution is 2.17. The van der Waals surface area contributed by atoms with Crippen LogP contribution < -0.4 is 5.32 Å². The molecule has 0 fully saturated rings. The normalized spacial score (nSPS) is 13.5. The number of carbonyl (C=O) groups excluding carboxylic acids is 1. The molecule has 0 atom stereocenters. The zero-order valence-electron chi connectivity index (χ0n) is 13.2. The zero-order valence-corrected chi connectivity index (χ0v) is 13.2. The molecule has 122 valence electrons. The zero-order chi connectivity index (χ0) is 16.4. The van der Waals surface area contributed by atoms with Crippen LogP contribution in [0.1, 0.15) is 34.7 Å². The van der Waals surface area contributed by atoms with Crippen molar-refractivity contribution in [2.24, 2.45) is 0 Å². The summed E-state index contributed by atoms with van der Waals surface area (Å²) >= 11 is 0. The van der Waals surface area contributed by atoms with E-state index in [9.17, 15) is 4.79 Å².